The van der Waals surface area contributed by atoms with Crippen LogP contribution in [0.3, 0.4) is 0 Å². The van der Waals surface area contributed by atoms with Gasteiger partial charge in [-0.1, -0.05) is 6.07 Å². The van der Waals surface area contributed by atoms with Crippen molar-refractivity contribution in [3.63, 3.8) is 0 Å². The molecule has 28 heavy (non-hydrogen) atoms. The van der Waals surface area contributed by atoms with Gasteiger partial charge in [-0.05, 0) is 55.3 Å². The molecule has 0 spiro atoms. The van der Waals surface area contributed by atoms with Gasteiger partial charge in [-0.15, -0.1) is 0 Å². The molecular weight excluding hydrogens is 366 g/mol. The third kappa shape index (κ3) is 3.93. The minimum Gasteiger partial charge on any atom is -0.493 e. The first-order chi connectivity index (χ1) is 13.3. The van der Waals surface area contributed by atoms with Crippen LogP contribution in [0.25, 0.3) is 10.9 Å². The molecule has 0 saturated heterocycles. The van der Waals surface area contributed by atoms with Crippen molar-refractivity contribution in [2.45, 2.75) is 27.0 Å². The number of fused-ring (bicyclic) bond motifs is 1. The van der Waals surface area contributed by atoms with E-state index in [2.05, 4.69) is 9.72 Å². The lowest BCUT2D eigenvalue weighted by Gasteiger charge is -2.19. The molecule has 0 radical (unpaired) electrons. The van der Waals surface area contributed by atoms with Gasteiger partial charge in [0.2, 0.25) is 0 Å². The number of hydrogen-bond donors (Lipinski definition) is 1. The average Bonchev–Trinajstić information content (AvgIpc) is 2.95. The van der Waals surface area contributed by atoms with Crippen LogP contribution in [0.5, 0.6) is 11.5 Å². The van der Waals surface area contributed by atoms with Gasteiger partial charge in [-0.3, -0.25) is 4.79 Å². The molecule has 1 amide bonds. The molecule has 0 aliphatic heterocycles. The van der Waals surface area contributed by atoms with Gasteiger partial charge in [-0.2, -0.15) is 8.78 Å². The van der Waals surface area contributed by atoms with Crippen LogP contribution in [0.4, 0.5) is 8.78 Å². The molecule has 5 nitrogen and oxygen atoms in total. The van der Waals surface area contributed by atoms with E-state index in [0.29, 0.717) is 12.1 Å². The lowest BCUT2D eigenvalue weighted by atomic mass is 10.1. The van der Waals surface area contributed by atoms with Crippen molar-refractivity contribution in [1.82, 2.24) is 9.88 Å². The molecule has 1 heterocycles. The Morgan fingerprint density at radius 2 is 1.89 bits per heavy atom. The number of benzene rings is 2. The molecule has 0 bridgehead atoms. The Bertz CT molecular complexity index is 1010. The summed E-state index contributed by atoms with van der Waals surface area (Å²) in [7, 11) is 3.07. The Labute approximate surface area is 161 Å². The smallest absolute Gasteiger partial charge is 0.387 e. The third-order valence-electron chi connectivity index (χ3n) is 4.77. The van der Waals surface area contributed by atoms with Crippen LogP contribution >= 0.6 is 0 Å². The zero-order chi connectivity index (χ0) is 20.4. The zero-order valence-electron chi connectivity index (χ0n) is 16.2. The Hall–Kier alpha value is -3.09. The molecule has 0 atom stereocenters. The molecule has 2 aromatic carbocycles. The number of H-pyrrole nitrogens is 1. The maximum Gasteiger partial charge on any atom is 0.387 e. The Morgan fingerprint density at radius 3 is 2.57 bits per heavy atom. The van der Waals surface area contributed by atoms with Crippen LogP contribution < -0.4 is 9.47 Å². The summed E-state index contributed by atoms with van der Waals surface area (Å²) in [5, 5.41) is 1.02. The molecule has 0 saturated carbocycles. The standard InChI is InChI=1S/C21H22F2N2O3/c1-12-13(2)24-17-7-6-15(10-16(12)17)20(26)25(3)11-14-5-8-18(28-21(22)23)19(9-14)27-4/h5-10,21,24H,11H2,1-4H3. The van der Waals surface area contributed by atoms with Crippen molar-refractivity contribution >= 4 is 16.8 Å². The van der Waals surface area contributed by atoms with Crippen molar-refractivity contribution in [1.29, 1.82) is 0 Å². The molecule has 0 fully saturated rings. The van der Waals surface area contributed by atoms with E-state index in [1.165, 1.54) is 13.2 Å². The highest BCUT2D eigenvalue weighted by Crippen LogP contribution is 2.30. The fraction of sp³-hybridized carbons (Fsp3) is 0.286. The predicted octanol–water partition coefficient (Wildman–Crippen LogP) is 4.67. The van der Waals surface area contributed by atoms with E-state index < -0.39 is 6.61 Å². The van der Waals surface area contributed by atoms with Gasteiger partial charge in [0.25, 0.3) is 5.91 Å². The maximum absolute atomic E-state index is 12.8. The number of halogens is 2. The first kappa shape index (κ1) is 19.7. The number of ether oxygens (including phenoxy) is 2. The quantitative estimate of drug-likeness (QED) is 0.668. The van der Waals surface area contributed by atoms with Crippen molar-refractivity contribution < 1.29 is 23.0 Å². The van der Waals surface area contributed by atoms with E-state index in [-0.39, 0.29) is 17.4 Å². The fourth-order valence-corrected chi connectivity index (χ4v) is 3.16. The second-order valence-corrected chi connectivity index (χ2v) is 6.66. The summed E-state index contributed by atoms with van der Waals surface area (Å²) >= 11 is 0. The van der Waals surface area contributed by atoms with Crippen LogP contribution in [-0.2, 0) is 6.54 Å². The number of carbonyl (C=O) groups excluding carboxylic acids is 1. The predicted molar refractivity (Wildman–Crippen MR) is 103 cm³/mol. The van der Waals surface area contributed by atoms with Crippen LogP contribution in [0.15, 0.2) is 36.4 Å². The number of carbonyl (C=O) groups is 1. The van der Waals surface area contributed by atoms with Gasteiger partial charge in [-0.25, -0.2) is 0 Å². The topological polar surface area (TPSA) is 54.6 Å². The molecule has 0 unspecified atom stereocenters. The number of amides is 1. The summed E-state index contributed by atoms with van der Waals surface area (Å²) in [6.07, 6.45) is 0. The lowest BCUT2D eigenvalue weighted by Crippen LogP contribution is -2.26. The summed E-state index contributed by atoms with van der Waals surface area (Å²) in [5.74, 6) is 0.0181. The number of hydrogen-bond acceptors (Lipinski definition) is 3. The number of nitrogens with one attached hydrogen (secondary N) is 1. The summed E-state index contributed by atoms with van der Waals surface area (Å²) in [6.45, 7) is 1.38. The summed E-state index contributed by atoms with van der Waals surface area (Å²) in [6, 6.07) is 10.2. The average molecular weight is 388 g/mol. The van der Waals surface area contributed by atoms with Crippen molar-refractivity contribution in [3.8, 4) is 11.5 Å². The molecule has 0 aliphatic carbocycles. The highest BCUT2D eigenvalue weighted by Gasteiger charge is 2.16. The van der Waals surface area contributed by atoms with Gasteiger partial charge >= 0.3 is 6.61 Å². The van der Waals surface area contributed by atoms with E-state index in [4.69, 9.17) is 4.74 Å². The minimum atomic E-state index is -2.93. The third-order valence-corrected chi connectivity index (χ3v) is 4.77. The number of alkyl halides is 2. The second kappa shape index (κ2) is 7.88. The van der Waals surface area contributed by atoms with Crippen molar-refractivity contribution in [3.05, 3.63) is 58.8 Å². The first-order valence-corrected chi connectivity index (χ1v) is 8.76. The van der Waals surface area contributed by atoms with Gasteiger partial charge in [0.05, 0.1) is 7.11 Å². The second-order valence-electron chi connectivity index (χ2n) is 6.66. The molecule has 1 N–H and O–H groups in total. The summed E-state index contributed by atoms with van der Waals surface area (Å²) in [4.78, 5) is 17.7. The number of methoxy groups -OCH3 is 1. The molecule has 7 heteroatoms. The molecule has 0 aliphatic rings. The van der Waals surface area contributed by atoms with Crippen molar-refractivity contribution in [2.75, 3.05) is 14.2 Å². The molecule has 1 aromatic heterocycles. The largest absolute Gasteiger partial charge is 0.493 e. The molecule has 3 aromatic rings. The van der Waals surface area contributed by atoms with Gasteiger partial charge in [0, 0.05) is 35.8 Å². The van der Waals surface area contributed by atoms with Crippen molar-refractivity contribution in [2.24, 2.45) is 0 Å². The van der Waals surface area contributed by atoms with E-state index >= 15 is 0 Å². The van der Waals surface area contributed by atoms with Crippen LogP contribution in [0.1, 0.15) is 27.2 Å². The Morgan fingerprint density at radius 1 is 1.14 bits per heavy atom. The Balaban J connectivity index is 1.79. The van der Waals surface area contributed by atoms with E-state index in [0.717, 1.165) is 27.7 Å². The lowest BCUT2D eigenvalue weighted by molar-refractivity contribution is -0.0512. The Kier molecular flexibility index (Phi) is 5.53. The number of aromatic amines is 1. The number of rotatable bonds is 6. The molecule has 148 valence electrons. The number of aromatic nitrogens is 1. The van der Waals surface area contributed by atoms with Gasteiger partial charge in [0.1, 0.15) is 0 Å². The summed E-state index contributed by atoms with van der Waals surface area (Å²) in [5.41, 5.74) is 4.51. The highest BCUT2D eigenvalue weighted by molar-refractivity contribution is 5.98. The van der Waals surface area contributed by atoms with Crippen LogP contribution in [-0.4, -0.2) is 36.6 Å². The SMILES string of the molecule is COc1cc(CN(C)C(=O)c2ccc3[nH]c(C)c(C)c3c2)ccc1OC(F)F. The van der Waals surface area contributed by atoms with Gasteiger partial charge in [0.15, 0.2) is 11.5 Å². The van der Waals surface area contributed by atoms with Gasteiger partial charge < -0.3 is 19.4 Å². The zero-order valence-corrected chi connectivity index (χ0v) is 16.2. The van der Waals surface area contributed by atoms with E-state index in [1.54, 1.807) is 30.1 Å². The van der Waals surface area contributed by atoms with Crippen LogP contribution in [0, 0.1) is 13.8 Å². The normalized spacial score (nSPS) is 11.1. The first-order valence-electron chi connectivity index (χ1n) is 8.76. The van der Waals surface area contributed by atoms with Crippen LogP contribution in [0.2, 0.25) is 0 Å². The maximum atomic E-state index is 12.8. The van der Waals surface area contributed by atoms with E-state index in [9.17, 15) is 13.6 Å². The van der Waals surface area contributed by atoms with E-state index in [1.807, 2.05) is 26.0 Å². The minimum absolute atomic E-state index is 0.0426. The molecular formula is C21H22F2N2O3. The highest BCUT2D eigenvalue weighted by atomic mass is 19.3. The summed E-state index contributed by atoms with van der Waals surface area (Å²) < 4.78 is 34.4. The monoisotopic (exact) mass is 388 g/mol. The number of nitrogens with zero attached hydrogens (tertiary/aromatic N) is 1. The number of aryl methyl sites for hydroxylation is 2. The fourth-order valence-electron chi connectivity index (χ4n) is 3.16. The molecule has 3 rings (SSSR count).